The lowest BCUT2D eigenvalue weighted by Gasteiger charge is -2.53. The zero-order valence-electron chi connectivity index (χ0n) is 33.9. The van der Waals surface area contributed by atoms with Crippen LogP contribution in [0.5, 0.6) is 0 Å². The Morgan fingerprint density at radius 3 is 1.86 bits per heavy atom. The largest absolute Gasteiger partial charge is 0.453 e. The average molecular weight is 796 g/mol. The van der Waals surface area contributed by atoms with Gasteiger partial charge in [-0.1, -0.05) is 84.9 Å². The number of rotatable bonds is 11. The van der Waals surface area contributed by atoms with Crippen molar-refractivity contribution in [2.75, 3.05) is 27.3 Å². The molecular formula is C47H53N7O5. The molecular weight excluding hydrogens is 743 g/mol. The number of nitrogens with zero attached hydrogens (tertiary/aromatic N) is 4. The number of amides is 3. The molecule has 3 saturated carbocycles. The molecule has 5 aliphatic rings. The number of methoxy groups -OCH3 is 2. The van der Waals surface area contributed by atoms with Gasteiger partial charge in [-0.25, -0.2) is 14.8 Å². The molecule has 10 rings (SSSR count). The topological polar surface area (TPSA) is 146 Å². The fourth-order valence-corrected chi connectivity index (χ4v) is 10.5. The number of carbonyl (C=O) groups is 3. The van der Waals surface area contributed by atoms with Crippen LogP contribution in [0.1, 0.15) is 122 Å². The Morgan fingerprint density at radius 2 is 1.25 bits per heavy atom. The zero-order valence-corrected chi connectivity index (χ0v) is 33.9. The number of carbonyl (C=O) groups excluding carboxylic acids is 3. The summed E-state index contributed by atoms with van der Waals surface area (Å²) in [6.07, 6.45) is 12.8. The molecule has 5 fully saturated rings. The van der Waals surface area contributed by atoms with Crippen LogP contribution in [0.2, 0.25) is 0 Å². The van der Waals surface area contributed by atoms with Gasteiger partial charge in [0, 0.05) is 37.5 Å². The maximum Gasteiger partial charge on any atom is 0.407 e. The van der Waals surface area contributed by atoms with Crippen molar-refractivity contribution in [3.8, 4) is 11.3 Å². The molecule has 2 aromatic heterocycles. The molecule has 2 bridgehead atoms. The predicted octanol–water partition coefficient (Wildman–Crippen LogP) is 8.16. The highest BCUT2D eigenvalue weighted by Crippen LogP contribution is 2.58. The van der Waals surface area contributed by atoms with Gasteiger partial charge in [-0.15, -0.1) is 0 Å². The SMILES string of the molecule is COC(=O)N[C@@H](C(=O)N1CCC[C@H]1c1ncc(-c2ccc(C34CCC(c5cnc([C@@H]6CCCN6C(=O)[C@H](OC)c6ccccc6)[nH]5)(CC3)CC4)cc2)[nH]1)c1ccccc1. The van der Waals surface area contributed by atoms with E-state index in [4.69, 9.17) is 19.4 Å². The van der Waals surface area contributed by atoms with E-state index in [-0.39, 0.29) is 34.7 Å². The molecule has 2 aliphatic heterocycles. The summed E-state index contributed by atoms with van der Waals surface area (Å²) in [6, 6.07) is 26.8. The van der Waals surface area contributed by atoms with Crippen LogP contribution >= 0.6 is 0 Å². The van der Waals surface area contributed by atoms with Crippen LogP contribution in [0.15, 0.2) is 97.3 Å². The quantitative estimate of drug-likeness (QED) is 0.122. The van der Waals surface area contributed by atoms with Crippen LogP contribution in [0.25, 0.3) is 11.3 Å². The van der Waals surface area contributed by atoms with Crippen molar-refractivity contribution in [1.82, 2.24) is 35.1 Å². The third-order valence-corrected chi connectivity index (χ3v) is 13.9. The molecule has 4 atom stereocenters. The number of hydrogen-bond acceptors (Lipinski definition) is 7. The second-order valence-electron chi connectivity index (χ2n) is 16.9. The van der Waals surface area contributed by atoms with Crippen LogP contribution in [0, 0.1) is 0 Å². The second kappa shape index (κ2) is 16.1. The predicted molar refractivity (Wildman–Crippen MR) is 222 cm³/mol. The highest BCUT2D eigenvalue weighted by Gasteiger charge is 2.51. The molecule has 2 saturated heterocycles. The number of imidazole rings is 2. The number of alkyl carbamates (subject to hydrolysis) is 1. The molecule has 3 aliphatic carbocycles. The third-order valence-electron chi connectivity index (χ3n) is 13.9. The van der Waals surface area contributed by atoms with Crippen molar-refractivity contribution in [1.29, 1.82) is 0 Å². The van der Waals surface area contributed by atoms with E-state index in [1.807, 2.05) is 76.7 Å². The minimum Gasteiger partial charge on any atom is -0.453 e. The number of H-pyrrole nitrogens is 2. The van der Waals surface area contributed by atoms with E-state index in [1.54, 1.807) is 7.11 Å². The molecule has 5 aromatic rings. The molecule has 3 aromatic carbocycles. The van der Waals surface area contributed by atoms with Gasteiger partial charge >= 0.3 is 6.09 Å². The van der Waals surface area contributed by atoms with Crippen LogP contribution in [0.3, 0.4) is 0 Å². The lowest BCUT2D eigenvalue weighted by molar-refractivity contribution is -0.143. The van der Waals surface area contributed by atoms with Gasteiger partial charge in [0.05, 0.1) is 31.1 Å². The first-order valence-electron chi connectivity index (χ1n) is 21.1. The van der Waals surface area contributed by atoms with Crippen molar-refractivity contribution in [3.63, 3.8) is 0 Å². The van der Waals surface area contributed by atoms with Crippen molar-refractivity contribution in [2.45, 2.75) is 99.3 Å². The number of nitrogens with one attached hydrogen (secondary N) is 3. The van der Waals surface area contributed by atoms with E-state index in [1.165, 1.54) is 18.4 Å². The highest BCUT2D eigenvalue weighted by molar-refractivity contribution is 5.87. The summed E-state index contributed by atoms with van der Waals surface area (Å²) in [7, 11) is 2.90. The monoisotopic (exact) mass is 795 g/mol. The zero-order chi connectivity index (χ0) is 40.6. The van der Waals surface area contributed by atoms with Crippen molar-refractivity contribution in [3.05, 3.63) is 131 Å². The third kappa shape index (κ3) is 7.21. The molecule has 12 nitrogen and oxygen atoms in total. The van der Waals surface area contributed by atoms with E-state index in [0.29, 0.717) is 18.7 Å². The molecule has 59 heavy (non-hydrogen) atoms. The van der Waals surface area contributed by atoms with Gasteiger partial charge in [-0.05, 0) is 91.9 Å². The molecule has 12 heteroatoms. The van der Waals surface area contributed by atoms with E-state index >= 15 is 0 Å². The van der Waals surface area contributed by atoms with E-state index in [0.717, 1.165) is 92.7 Å². The maximum atomic E-state index is 14.0. The molecule has 0 radical (unpaired) electrons. The fraction of sp³-hybridized carbons (Fsp3) is 0.426. The fourth-order valence-electron chi connectivity index (χ4n) is 10.5. The maximum absolute atomic E-state index is 14.0. The first-order valence-corrected chi connectivity index (χ1v) is 21.1. The van der Waals surface area contributed by atoms with Crippen molar-refractivity contribution >= 4 is 17.9 Å². The Labute approximate surface area is 345 Å². The van der Waals surface area contributed by atoms with Gasteiger partial charge in [0.2, 0.25) is 0 Å². The van der Waals surface area contributed by atoms with E-state index < -0.39 is 18.2 Å². The summed E-state index contributed by atoms with van der Waals surface area (Å²) in [5.74, 6) is 1.44. The summed E-state index contributed by atoms with van der Waals surface area (Å²) in [5, 5.41) is 2.74. The Bertz CT molecular complexity index is 2250. The number of likely N-dealkylation sites (tertiary alicyclic amines) is 2. The molecule has 3 amide bonds. The van der Waals surface area contributed by atoms with Gasteiger partial charge in [0.1, 0.15) is 17.7 Å². The summed E-state index contributed by atoms with van der Waals surface area (Å²) < 4.78 is 10.6. The second-order valence-corrected chi connectivity index (χ2v) is 16.9. The van der Waals surface area contributed by atoms with Gasteiger partial charge in [-0.3, -0.25) is 9.59 Å². The number of fused-ring (bicyclic) bond motifs is 3. The van der Waals surface area contributed by atoms with Gasteiger partial charge in [0.25, 0.3) is 11.8 Å². The van der Waals surface area contributed by atoms with Crippen molar-refractivity contribution < 1.29 is 23.9 Å². The number of ether oxygens (including phenoxy) is 2. The summed E-state index contributed by atoms with van der Waals surface area (Å²) >= 11 is 0. The van der Waals surface area contributed by atoms with E-state index in [9.17, 15) is 14.4 Å². The molecule has 4 heterocycles. The normalized spacial score (nSPS) is 24.8. The van der Waals surface area contributed by atoms with Crippen LogP contribution in [-0.2, 0) is 29.9 Å². The first kappa shape index (κ1) is 38.8. The van der Waals surface area contributed by atoms with Crippen molar-refractivity contribution in [2.24, 2.45) is 0 Å². The smallest absolute Gasteiger partial charge is 0.407 e. The Kier molecular flexibility index (Phi) is 10.6. The summed E-state index contributed by atoms with van der Waals surface area (Å²) in [4.78, 5) is 60.8. The lowest BCUT2D eigenvalue weighted by Crippen LogP contribution is -2.46. The van der Waals surface area contributed by atoms with Gasteiger partial charge in [0.15, 0.2) is 6.10 Å². The minimum absolute atomic E-state index is 0.00701. The van der Waals surface area contributed by atoms with Crippen LogP contribution < -0.4 is 5.32 Å². The summed E-state index contributed by atoms with van der Waals surface area (Å²) in [6.45, 7) is 1.28. The van der Waals surface area contributed by atoms with Gasteiger partial charge in [-0.2, -0.15) is 0 Å². The Hall–Kier alpha value is -5.75. The molecule has 0 unspecified atom stereocenters. The van der Waals surface area contributed by atoms with Crippen LogP contribution in [-0.4, -0.2) is 75.0 Å². The molecule has 3 N–H and O–H groups in total. The number of hydrogen-bond donors (Lipinski definition) is 3. The Morgan fingerprint density at radius 1 is 0.695 bits per heavy atom. The minimum atomic E-state index is -0.859. The lowest BCUT2D eigenvalue weighted by atomic mass is 9.51. The first-order chi connectivity index (χ1) is 28.8. The van der Waals surface area contributed by atoms with E-state index in [2.05, 4.69) is 45.7 Å². The molecule has 0 spiro atoms. The summed E-state index contributed by atoms with van der Waals surface area (Å²) in [5.41, 5.74) is 6.39. The van der Waals surface area contributed by atoms with Crippen LogP contribution in [0.4, 0.5) is 4.79 Å². The number of aromatic nitrogens is 4. The average Bonchev–Trinajstić information content (AvgIpc) is 4.14. The Balaban J connectivity index is 0.852. The standard InChI is InChI=1S/C47H53N7O5/c1-58-40(33-13-7-4-8-14-33)44(56)54-28-10-16-37(54)42-49-30-38(51-42)47-24-21-46(22-25-47,23-26-47)34-19-17-31(18-20-34)35-29-48-41(50-35)36-15-9-27-53(36)43(55)39(52-45(57)59-2)32-11-5-3-6-12-32/h3-8,11-14,17-20,29-30,36-37,39-40H,9-10,15-16,21-28H2,1-2H3,(H,48,50)(H,49,51)(H,52,57)/t36-,37-,39+,40+,46?,47?/m0/s1. The number of aromatic amines is 2. The number of benzene rings is 3. The van der Waals surface area contributed by atoms with Gasteiger partial charge < -0.3 is 34.6 Å². The molecule has 306 valence electrons. The highest BCUT2D eigenvalue weighted by atomic mass is 16.5.